The Morgan fingerprint density at radius 2 is 1.53 bits per heavy atom. The van der Waals surface area contributed by atoms with Gasteiger partial charge in [-0.2, -0.15) is 13.2 Å². The molecule has 0 spiro atoms. The molecular formula is C9H18F3NO2. The molecule has 0 aromatic rings. The van der Waals surface area contributed by atoms with Crippen molar-refractivity contribution >= 4 is 0 Å². The Morgan fingerprint density at radius 1 is 0.867 bits per heavy atom. The summed E-state index contributed by atoms with van der Waals surface area (Å²) in [5.74, 6) is 0. The van der Waals surface area contributed by atoms with E-state index in [4.69, 9.17) is 10.2 Å². The molecule has 0 radical (unpaired) electrons. The highest BCUT2D eigenvalue weighted by Gasteiger charge is 2.30. The Balaban J connectivity index is 3.73. The predicted molar refractivity (Wildman–Crippen MR) is 50.5 cm³/mol. The van der Waals surface area contributed by atoms with E-state index in [1.54, 1.807) is 0 Å². The maximum Gasteiger partial charge on any atom is 0.401 e. The van der Waals surface area contributed by atoms with Crippen LogP contribution in [0.1, 0.15) is 19.3 Å². The van der Waals surface area contributed by atoms with Crippen molar-refractivity contribution in [3.8, 4) is 0 Å². The van der Waals surface area contributed by atoms with Crippen molar-refractivity contribution < 1.29 is 23.4 Å². The van der Waals surface area contributed by atoms with Crippen LogP contribution in [0, 0.1) is 0 Å². The molecule has 0 rings (SSSR count). The zero-order valence-corrected chi connectivity index (χ0v) is 8.63. The summed E-state index contributed by atoms with van der Waals surface area (Å²) in [7, 11) is 0. The standard InChI is InChI=1S/C9H18F3NO2/c10-9(11,12)8-13(5-7-15)4-2-1-3-6-14/h14-15H,1-8H2. The van der Waals surface area contributed by atoms with Crippen molar-refractivity contribution in [3.05, 3.63) is 0 Å². The van der Waals surface area contributed by atoms with Gasteiger partial charge in [-0.3, -0.25) is 4.90 Å². The summed E-state index contributed by atoms with van der Waals surface area (Å²) in [4.78, 5) is 1.18. The van der Waals surface area contributed by atoms with Gasteiger partial charge in [0, 0.05) is 13.2 Å². The van der Waals surface area contributed by atoms with E-state index in [0.29, 0.717) is 25.8 Å². The van der Waals surface area contributed by atoms with Crippen molar-refractivity contribution in [2.45, 2.75) is 25.4 Å². The number of alkyl halides is 3. The lowest BCUT2D eigenvalue weighted by molar-refractivity contribution is -0.146. The molecule has 3 nitrogen and oxygen atoms in total. The molecule has 0 saturated heterocycles. The minimum absolute atomic E-state index is 0.0403. The van der Waals surface area contributed by atoms with Crippen molar-refractivity contribution in [1.29, 1.82) is 0 Å². The topological polar surface area (TPSA) is 43.7 Å². The molecule has 0 aromatic heterocycles. The molecule has 92 valence electrons. The van der Waals surface area contributed by atoms with E-state index in [1.165, 1.54) is 4.90 Å². The number of halogens is 3. The van der Waals surface area contributed by atoms with Crippen molar-refractivity contribution in [1.82, 2.24) is 4.90 Å². The molecule has 0 atom stereocenters. The van der Waals surface area contributed by atoms with Crippen LogP contribution in [-0.2, 0) is 0 Å². The summed E-state index contributed by atoms with van der Waals surface area (Å²) in [6.07, 6.45) is -2.29. The zero-order valence-electron chi connectivity index (χ0n) is 8.63. The van der Waals surface area contributed by atoms with E-state index in [9.17, 15) is 13.2 Å². The smallest absolute Gasteiger partial charge is 0.396 e. The molecule has 0 aliphatic carbocycles. The highest BCUT2D eigenvalue weighted by Crippen LogP contribution is 2.16. The van der Waals surface area contributed by atoms with Gasteiger partial charge in [0.1, 0.15) is 0 Å². The van der Waals surface area contributed by atoms with E-state index in [1.807, 2.05) is 0 Å². The molecule has 0 aromatic carbocycles. The Hall–Kier alpha value is -0.330. The summed E-state index contributed by atoms with van der Waals surface area (Å²) in [6, 6.07) is 0. The van der Waals surface area contributed by atoms with Crippen LogP contribution in [0.2, 0.25) is 0 Å². The molecule has 0 saturated carbocycles. The van der Waals surface area contributed by atoms with Gasteiger partial charge in [-0.1, -0.05) is 0 Å². The van der Waals surface area contributed by atoms with Gasteiger partial charge >= 0.3 is 6.18 Å². The summed E-state index contributed by atoms with van der Waals surface area (Å²) in [6.45, 7) is -0.833. The number of rotatable bonds is 8. The summed E-state index contributed by atoms with van der Waals surface area (Å²) in [5.41, 5.74) is 0. The van der Waals surface area contributed by atoms with Gasteiger partial charge in [0.25, 0.3) is 0 Å². The van der Waals surface area contributed by atoms with Crippen LogP contribution in [0.25, 0.3) is 0 Å². The van der Waals surface area contributed by atoms with E-state index >= 15 is 0 Å². The highest BCUT2D eigenvalue weighted by atomic mass is 19.4. The minimum atomic E-state index is -4.22. The third kappa shape index (κ3) is 9.96. The fourth-order valence-corrected chi connectivity index (χ4v) is 1.29. The van der Waals surface area contributed by atoms with Gasteiger partial charge in [-0.15, -0.1) is 0 Å². The number of aliphatic hydroxyl groups is 2. The van der Waals surface area contributed by atoms with E-state index < -0.39 is 12.7 Å². The summed E-state index contributed by atoms with van der Waals surface area (Å²) in [5, 5.41) is 17.1. The third-order valence-electron chi connectivity index (χ3n) is 1.95. The van der Waals surface area contributed by atoms with Crippen LogP contribution in [0.3, 0.4) is 0 Å². The number of hydrogen-bond acceptors (Lipinski definition) is 3. The Morgan fingerprint density at radius 3 is 2.00 bits per heavy atom. The Bertz CT molecular complexity index is 153. The number of aliphatic hydroxyl groups excluding tert-OH is 2. The molecule has 2 N–H and O–H groups in total. The average Bonchev–Trinajstić information content (AvgIpc) is 2.10. The van der Waals surface area contributed by atoms with Gasteiger partial charge in [-0.05, 0) is 25.8 Å². The molecule has 6 heteroatoms. The molecular weight excluding hydrogens is 211 g/mol. The number of unbranched alkanes of at least 4 members (excludes halogenated alkanes) is 2. The first-order valence-electron chi connectivity index (χ1n) is 5.00. The van der Waals surface area contributed by atoms with Crippen molar-refractivity contribution in [2.24, 2.45) is 0 Å². The lowest BCUT2D eigenvalue weighted by Gasteiger charge is -2.22. The van der Waals surface area contributed by atoms with Gasteiger partial charge < -0.3 is 10.2 Å². The first-order chi connectivity index (χ1) is 6.99. The number of nitrogens with zero attached hydrogens (tertiary/aromatic N) is 1. The van der Waals surface area contributed by atoms with Crippen LogP contribution in [-0.4, -0.2) is 54.1 Å². The fraction of sp³-hybridized carbons (Fsp3) is 1.00. The second kappa shape index (κ2) is 7.90. The van der Waals surface area contributed by atoms with Gasteiger partial charge in [0.05, 0.1) is 13.2 Å². The SMILES string of the molecule is OCCCCCN(CCO)CC(F)(F)F. The second-order valence-electron chi connectivity index (χ2n) is 3.40. The van der Waals surface area contributed by atoms with Crippen LogP contribution in [0.15, 0.2) is 0 Å². The summed E-state index contributed by atoms with van der Waals surface area (Å²) >= 11 is 0. The fourth-order valence-electron chi connectivity index (χ4n) is 1.29. The van der Waals surface area contributed by atoms with Gasteiger partial charge in [0.15, 0.2) is 0 Å². The lowest BCUT2D eigenvalue weighted by Crippen LogP contribution is -2.36. The van der Waals surface area contributed by atoms with E-state index in [2.05, 4.69) is 0 Å². The quantitative estimate of drug-likeness (QED) is 0.610. The molecule has 0 bridgehead atoms. The van der Waals surface area contributed by atoms with Gasteiger partial charge in [-0.25, -0.2) is 0 Å². The lowest BCUT2D eigenvalue weighted by atomic mass is 10.2. The first kappa shape index (κ1) is 14.7. The zero-order chi connectivity index (χ0) is 11.7. The monoisotopic (exact) mass is 229 g/mol. The molecule has 0 amide bonds. The molecule has 0 aliphatic heterocycles. The van der Waals surface area contributed by atoms with Crippen molar-refractivity contribution in [2.75, 3.05) is 32.8 Å². The summed E-state index contributed by atoms with van der Waals surface area (Å²) < 4.78 is 36.1. The highest BCUT2D eigenvalue weighted by molar-refractivity contribution is 4.63. The van der Waals surface area contributed by atoms with E-state index in [-0.39, 0.29) is 19.8 Å². The molecule has 15 heavy (non-hydrogen) atoms. The molecule has 0 aliphatic rings. The second-order valence-corrected chi connectivity index (χ2v) is 3.40. The Kier molecular flexibility index (Phi) is 7.72. The van der Waals surface area contributed by atoms with Crippen LogP contribution in [0.5, 0.6) is 0 Å². The number of hydrogen-bond donors (Lipinski definition) is 2. The van der Waals surface area contributed by atoms with Crippen molar-refractivity contribution in [3.63, 3.8) is 0 Å². The van der Waals surface area contributed by atoms with E-state index in [0.717, 1.165) is 0 Å². The maximum atomic E-state index is 12.0. The minimum Gasteiger partial charge on any atom is -0.396 e. The van der Waals surface area contributed by atoms with Crippen LogP contribution in [0.4, 0.5) is 13.2 Å². The largest absolute Gasteiger partial charge is 0.401 e. The predicted octanol–water partition coefficient (Wildman–Crippen LogP) is 1.01. The molecule has 0 heterocycles. The van der Waals surface area contributed by atoms with Gasteiger partial charge in [0.2, 0.25) is 0 Å². The van der Waals surface area contributed by atoms with Crippen LogP contribution >= 0.6 is 0 Å². The normalized spacial score (nSPS) is 12.4. The Labute approximate surface area is 87.5 Å². The first-order valence-corrected chi connectivity index (χ1v) is 5.00. The third-order valence-corrected chi connectivity index (χ3v) is 1.95. The molecule has 0 fully saturated rings. The average molecular weight is 229 g/mol. The maximum absolute atomic E-state index is 12.0. The molecule has 0 unspecified atom stereocenters. The van der Waals surface area contributed by atoms with Crippen LogP contribution < -0.4 is 0 Å².